The van der Waals surface area contributed by atoms with Crippen LogP contribution in [-0.2, 0) is 6.42 Å². The molecule has 0 spiro atoms. The lowest BCUT2D eigenvalue weighted by molar-refractivity contribution is 0.204. The number of hydrogen-bond acceptors (Lipinski definition) is 3. The Morgan fingerprint density at radius 1 is 1.33 bits per heavy atom. The Labute approximate surface area is 123 Å². The van der Waals surface area contributed by atoms with Crippen molar-refractivity contribution in [3.05, 3.63) is 47.7 Å². The number of nitrogens with zero attached hydrogens (tertiary/aromatic N) is 2. The second-order valence-electron chi connectivity index (χ2n) is 4.57. The van der Waals surface area contributed by atoms with Gasteiger partial charge in [0.1, 0.15) is 5.69 Å². The van der Waals surface area contributed by atoms with Gasteiger partial charge in [0, 0.05) is 5.69 Å². The predicted molar refractivity (Wildman–Crippen MR) is 81.5 cm³/mol. The van der Waals surface area contributed by atoms with Crippen LogP contribution in [0.2, 0.25) is 0 Å². The summed E-state index contributed by atoms with van der Waals surface area (Å²) in [5.74, 6) is 0.302. The number of rotatable bonds is 4. The molecule has 0 unspecified atom stereocenters. The van der Waals surface area contributed by atoms with Crippen LogP contribution in [0.15, 0.2) is 36.4 Å². The molecule has 0 fully saturated rings. The van der Waals surface area contributed by atoms with E-state index in [-0.39, 0.29) is 0 Å². The van der Waals surface area contributed by atoms with Gasteiger partial charge in [0.2, 0.25) is 5.88 Å². The summed E-state index contributed by atoms with van der Waals surface area (Å²) in [6, 6.07) is 10.7. The van der Waals surface area contributed by atoms with E-state index in [1.165, 1.54) is 12.0 Å². The van der Waals surface area contributed by atoms with Crippen LogP contribution >= 0.6 is 0 Å². The molecule has 0 atom stereocenters. The molecule has 0 aliphatic rings. The van der Waals surface area contributed by atoms with Gasteiger partial charge in [-0.2, -0.15) is 0 Å². The summed E-state index contributed by atoms with van der Waals surface area (Å²) < 4.78 is 5.26. The maximum absolute atomic E-state index is 11.7. The minimum absolute atomic E-state index is 0.302. The van der Waals surface area contributed by atoms with Gasteiger partial charge in [-0.25, -0.2) is 14.7 Å². The normalized spacial score (nSPS) is 10.2. The molecule has 2 rings (SSSR count). The summed E-state index contributed by atoms with van der Waals surface area (Å²) in [7, 11) is 1.49. The van der Waals surface area contributed by atoms with Crippen molar-refractivity contribution in [2.45, 2.75) is 20.3 Å². The van der Waals surface area contributed by atoms with Crippen molar-refractivity contribution in [1.82, 2.24) is 4.98 Å². The van der Waals surface area contributed by atoms with Crippen molar-refractivity contribution in [2.75, 3.05) is 12.0 Å². The zero-order valence-electron chi connectivity index (χ0n) is 12.3. The second-order valence-corrected chi connectivity index (χ2v) is 4.57. The lowest BCUT2D eigenvalue weighted by Crippen LogP contribution is -2.24. The van der Waals surface area contributed by atoms with Crippen LogP contribution in [0, 0.1) is 6.92 Å². The first kappa shape index (κ1) is 14.8. The summed E-state index contributed by atoms with van der Waals surface area (Å²) in [5.41, 5.74) is 2.82. The summed E-state index contributed by atoms with van der Waals surface area (Å²) in [6.07, 6.45) is -0.301. The van der Waals surface area contributed by atoms with E-state index in [2.05, 4.69) is 4.98 Å². The molecule has 0 saturated carbocycles. The molecule has 0 saturated heterocycles. The van der Waals surface area contributed by atoms with Crippen molar-refractivity contribution < 1.29 is 14.6 Å². The van der Waals surface area contributed by atoms with E-state index in [0.717, 1.165) is 17.7 Å². The number of aryl methyl sites for hydroxylation is 2. The summed E-state index contributed by atoms with van der Waals surface area (Å²) in [6.45, 7) is 3.90. The minimum atomic E-state index is -1.08. The summed E-state index contributed by atoms with van der Waals surface area (Å²) in [5, 5.41) is 9.58. The number of ether oxygens (including phenoxy) is 1. The maximum atomic E-state index is 11.7. The van der Waals surface area contributed by atoms with Gasteiger partial charge in [0.05, 0.1) is 12.8 Å². The van der Waals surface area contributed by atoms with Crippen LogP contribution in [0.4, 0.5) is 16.2 Å². The zero-order valence-corrected chi connectivity index (χ0v) is 12.3. The van der Waals surface area contributed by atoms with Gasteiger partial charge in [-0.3, -0.25) is 0 Å². The number of anilines is 2. The van der Waals surface area contributed by atoms with E-state index < -0.39 is 6.09 Å². The van der Waals surface area contributed by atoms with E-state index in [1.54, 1.807) is 24.3 Å². The van der Waals surface area contributed by atoms with Crippen LogP contribution in [0.1, 0.15) is 18.2 Å². The van der Waals surface area contributed by atoms with E-state index >= 15 is 0 Å². The van der Waals surface area contributed by atoms with Crippen LogP contribution in [0.3, 0.4) is 0 Å². The Kier molecular flexibility index (Phi) is 4.42. The number of carboxylic acid groups (broad SMARTS) is 1. The molecule has 21 heavy (non-hydrogen) atoms. The third kappa shape index (κ3) is 2.97. The molecule has 0 radical (unpaired) electrons. The molecule has 110 valence electrons. The Bertz CT molecular complexity index is 641. The molecule has 2 aromatic rings. The van der Waals surface area contributed by atoms with Crippen LogP contribution in [0.5, 0.6) is 5.88 Å². The molecule has 0 aliphatic heterocycles. The number of amides is 1. The first-order valence-electron chi connectivity index (χ1n) is 6.71. The van der Waals surface area contributed by atoms with Crippen LogP contribution in [0.25, 0.3) is 0 Å². The number of carbonyl (C=O) groups is 1. The van der Waals surface area contributed by atoms with Gasteiger partial charge in [0.25, 0.3) is 0 Å². The Hall–Kier alpha value is -2.56. The highest BCUT2D eigenvalue weighted by molar-refractivity contribution is 5.96. The van der Waals surface area contributed by atoms with Gasteiger partial charge in [-0.15, -0.1) is 0 Å². The van der Waals surface area contributed by atoms with Gasteiger partial charge < -0.3 is 9.84 Å². The number of benzene rings is 1. The van der Waals surface area contributed by atoms with Crippen molar-refractivity contribution in [3.8, 4) is 5.88 Å². The second kappa shape index (κ2) is 6.26. The topological polar surface area (TPSA) is 62.7 Å². The molecular weight excluding hydrogens is 268 g/mol. The van der Waals surface area contributed by atoms with Crippen molar-refractivity contribution in [2.24, 2.45) is 0 Å². The van der Waals surface area contributed by atoms with Crippen molar-refractivity contribution in [3.63, 3.8) is 0 Å². The first-order valence-corrected chi connectivity index (χ1v) is 6.71. The molecule has 1 aromatic carbocycles. The molecule has 5 heteroatoms. The van der Waals surface area contributed by atoms with Crippen molar-refractivity contribution in [1.29, 1.82) is 0 Å². The SMILES string of the molecule is CCc1cc(N(C(=O)O)c2ccccc2)c(OC)nc1C. The first-order chi connectivity index (χ1) is 10.1. The number of hydrogen-bond donors (Lipinski definition) is 1. The van der Waals surface area contributed by atoms with E-state index in [1.807, 2.05) is 26.0 Å². The third-order valence-corrected chi connectivity index (χ3v) is 3.28. The Morgan fingerprint density at radius 3 is 2.52 bits per heavy atom. The fourth-order valence-corrected chi connectivity index (χ4v) is 2.21. The van der Waals surface area contributed by atoms with Gasteiger partial charge in [-0.05, 0) is 37.1 Å². The lowest BCUT2D eigenvalue weighted by atomic mass is 10.1. The molecule has 0 bridgehead atoms. The van der Waals surface area contributed by atoms with E-state index in [4.69, 9.17) is 4.74 Å². The molecular formula is C16H18N2O3. The average Bonchev–Trinajstić information content (AvgIpc) is 2.49. The average molecular weight is 286 g/mol. The highest BCUT2D eigenvalue weighted by Crippen LogP contribution is 2.34. The monoisotopic (exact) mass is 286 g/mol. The number of para-hydroxylation sites is 1. The fraction of sp³-hybridized carbons (Fsp3) is 0.250. The van der Waals surface area contributed by atoms with E-state index in [9.17, 15) is 9.90 Å². The largest absolute Gasteiger partial charge is 0.479 e. The summed E-state index contributed by atoms with van der Waals surface area (Å²) >= 11 is 0. The summed E-state index contributed by atoms with van der Waals surface area (Å²) in [4.78, 5) is 17.2. The molecule has 1 heterocycles. The molecule has 1 N–H and O–H groups in total. The molecule has 0 aliphatic carbocycles. The maximum Gasteiger partial charge on any atom is 0.416 e. The molecule has 1 amide bonds. The number of aromatic nitrogens is 1. The third-order valence-electron chi connectivity index (χ3n) is 3.28. The predicted octanol–water partition coefficient (Wildman–Crippen LogP) is 3.78. The minimum Gasteiger partial charge on any atom is -0.479 e. The quantitative estimate of drug-likeness (QED) is 0.929. The Morgan fingerprint density at radius 2 is 2.00 bits per heavy atom. The highest BCUT2D eigenvalue weighted by atomic mass is 16.5. The zero-order chi connectivity index (χ0) is 15.4. The van der Waals surface area contributed by atoms with Gasteiger partial charge in [-0.1, -0.05) is 25.1 Å². The van der Waals surface area contributed by atoms with Gasteiger partial charge in [0.15, 0.2) is 0 Å². The van der Waals surface area contributed by atoms with Crippen LogP contribution < -0.4 is 9.64 Å². The van der Waals surface area contributed by atoms with E-state index in [0.29, 0.717) is 17.3 Å². The number of methoxy groups -OCH3 is 1. The lowest BCUT2D eigenvalue weighted by Gasteiger charge is -2.22. The number of pyridine rings is 1. The highest BCUT2D eigenvalue weighted by Gasteiger charge is 2.22. The smallest absolute Gasteiger partial charge is 0.416 e. The standard InChI is InChI=1S/C16H18N2O3/c1-4-12-10-14(15(21-3)17-11(12)2)18(16(19)20)13-8-6-5-7-9-13/h5-10H,4H2,1-3H3,(H,19,20). The molecule has 5 nitrogen and oxygen atoms in total. The van der Waals surface area contributed by atoms with Crippen molar-refractivity contribution >= 4 is 17.5 Å². The molecule has 1 aromatic heterocycles. The van der Waals surface area contributed by atoms with Gasteiger partial charge >= 0.3 is 6.09 Å². The fourth-order valence-electron chi connectivity index (χ4n) is 2.21. The van der Waals surface area contributed by atoms with Crippen LogP contribution in [-0.4, -0.2) is 23.3 Å². The Balaban J connectivity index is 2.63.